The van der Waals surface area contributed by atoms with Gasteiger partial charge < -0.3 is 20.4 Å². The number of alkyl halides is 4. The van der Waals surface area contributed by atoms with Gasteiger partial charge in [0.05, 0.1) is 23.4 Å². The first kappa shape index (κ1) is 35.0. The Balaban J connectivity index is 0.000000617. The number of carbonyl (C=O) groups excluding carboxylic acids is 5. The Labute approximate surface area is 272 Å². The lowest BCUT2D eigenvalue weighted by Gasteiger charge is -2.41. The van der Waals surface area contributed by atoms with Crippen LogP contribution in [0.4, 0.5) is 13.2 Å². The summed E-state index contributed by atoms with van der Waals surface area (Å²) in [4.78, 5) is 64.6. The van der Waals surface area contributed by atoms with Crippen molar-refractivity contribution >= 4 is 56.6 Å². The molecule has 2 aromatic carbocycles. The van der Waals surface area contributed by atoms with E-state index in [1.165, 1.54) is 4.90 Å². The number of unbranched alkanes of at least 4 members (excludes halogenated alkanes) is 1. The van der Waals surface area contributed by atoms with Crippen LogP contribution in [0.15, 0.2) is 60.7 Å². The zero-order chi connectivity index (χ0) is 34.2. The first-order valence-corrected chi connectivity index (χ1v) is 15.5. The average molecular weight is 708 g/mol. The predicted molar refractivity (Wildman–Crippen MR) is 161 cm³/mol. The number of quaternary nitrogens is 1. The molecule has 1 saturated heterocycles. The highest BCUT2D eigenvalue weighted by molar-refractivity contribution is 9.10. The number of esters is 1. The molecule has 0 aromatic heterocycles. The Morgan fingerprint density at radius 1 is 0.978 bits per heavy atom. The van der Waals surface area contributed by atoms with Crippen molar-refractivity contribution in [2.24, 2.45) is 16.7 Å². The van der Waals surface area contributed by atoms with Crippen molar-refractivity contribution in [1.82, 2.24) is 4.90 Å². The molecule has 246 valence electrons. The summed E-state index contributed by atoms with van der Waals surface area (Å²) in [6.45, 7) is 5.93. The van der Waals surface area contributed by atoms with E-state index in [1.54, 1.807) is 6.92 Å². The number of Topliss-reactive ketones (excluding diaryl/α,β-unsaturated/α-hetero) is 1. The number of rotatable bonds is 9. The number of ketones is 1. The number of ether oxygens (including phenoxy) is 1. The van der Waals surface area contributed by atoms with Crippen LogP contribution < -0.4 is 10.8 Å². The van der Waals surface area contributed by atoms with Crippen molar-refractivity contribution in [3.63, 3.8) is 0 Å². The topological polar surface area (TPSA) is 149 Å². The van der Waals surface area contributed by atoms with Crippen LogP contribution in [0.5, 0.6) is 0 Å². The molecule has 3 aliphatic rings. The van der Waals surface area contributed by atoms with Gasteiger partial charge in [0, 0.05) is 13.0 Å². The zero-order valence-corrected chi connectivity index (χ0v) is 27.1. The molecule has 3 N–H and O–H groups in total. The lowest BCUT2D eigenvalue weighted by atomic mass is 9.63. The van der Waals surface area contributed by atoms with Gasteiger partial charge in [0.2, 0.25) is 11.8 Å². The number of hydrogen-bond acceptors (Lipinski definition) is 7. The van der Waals surface area contributed by atoms with Crippen LogP contribution in [0, 0.1) is 16.7 Å². The van der Waals surface area contributed by atoms with Crippen LogP contribution in [0.25, 0.3) is 11.1 Å². The fourth-order valence-electron chi connectivity index (χ4n) is 7.11. The number of halogens is 4. The minimum absolute atomic E-state index is 0.106. The fraction of sp³-hybridized carbons (Fsp3) is 0.424. The monoisotopic (exact) mass is 706 g/mol. The number of nitrogens with zero attached hydrogens (tertiary/aromatic N) is 1. The summed E-state index contributed by atoms with van der Waals surface area (Å²) >= 11 is 3.78. The van der Waals surface area contributed by atoms with Crippen molar-refractivity contribution in [2.75, 3.05) is 13.2 Å². The second-order valence-electron chi connectivity index (χ2n) is 11.8. The highest BCUT2D eigenvalue weighted by Crippen LogP contribution is 2.77. The van der Waals surface area contributed by atoms with Gasteiger partial charge >= 0.3 is 12.1 Å². The molecule has 1 heterocycles. The minimum atomic E-state index is -5.19. The van der Waals surface area contributed by atoms with Gasteiger partial charge in [-0.1, -0.05) is 76.6 Å². The van der Waals surface area contributed by atoms with Gasteiger partial charge in [-0.3, -0.25) is 19.3 Å². The lowest BCUT2D eigenvalue weighted by molar-refractivity contribution is -0.409. The van der Waals surface area contributed by atoms with E-state index in [0.29, 0.717) is 25.9 Å². The van der Waals surface area contributed by atoms with Crippen LogP contribution >= 0.6 is 15.9 Å². The van der Waals surface area contributed by atoms with Crippen LogP contribution in [0.2, 0.25) is 0 Å². The molecule has 2 amide bonds. The summed E-state index contributed by atoms with van der Waals surface area (Å²) in [5, 5.41) is 8.78. The summed E-state index contributed by atoms with van der Waals surface area (Å²) in [7, 11) is 0. The quantitative estimate of drug-likeness (QED) is 0.182. The lowest BCUT2D eigenvalue weighted by Crippen LogP contribution is -2.65. The second kappa shape index (κ2) is 12.7. The molecule has 13 heteroatoms. The van der Waals surface area contributed by atoms with E-state index < -0.39 is 39.3 Å². The van der Waals surface area contributed by atoms with E-state index in [9.17, 15) is 32.3 Å². The molecule has 0 radical (unpaired) electrons. The van der Waals surface area contributed by atoms with Crippen LogP contribution in [-0.2, 0) is 28.7 Å². The Morgan fingerprint density at radius 3 is 1.96 bits per heavy atom. The Bertz CT molecular complexity index is 1580. The molecule has 9 nitrogen and oxygen atoms in total. The third-order valence-corrected chi connectivity index (χ3v) is 10.7. The molecule has 2 bridgehead atoms. The third kappa shape index (κ3) is 5.36. The van der Waals surface area contributed by atoms with Gasteiger partial charge in [-0.25, -0.2) is 4.79 Å². The number of benzene rings is 2. The zero-order valence-electron chi connectivity index (χ0n) is 25.5. The van der Waals surface area contributed by atoms with Gasteiger partial charge in [-0.15, -0.1) is 0 Å². The normalized spacial score (nSPS) is 27.3. The molecule has 1 aliphatic heterocycles. The summed E-state index contributed by atoms with van der Waals surface area (Å²) < 4.78 is 35.2. The maximum Gasteiger partial charge on any atom is 0.430 e. The smallest absolute Gasteiger partial charge is 0.430 e. The molecule has 2 aliphatic carbocycles. The highest BCUT2D eigenvalue weighted by Gasteiger charge is 2.85. The molecule has 0 spiro atoms. The largest absolute Gasteiger partial charge is 0.542 e. The van der Waals surface area contributed by atoms with Crippen LogP contribution in [0.3, 0.4) is 0 Å². The number of aliphatic carboxylic acids is 1. The average Bonchev–Trinajstić information content (AvgIpc) is 3.39. The maximum atomic E-state index is 14.4. The van der Waals surface area contributed by atoms with Crippen molar-refractivity contribution in [3.8, 4) is 0 Å². The van der Waals surface area contributed by atoms with E-state index >= 15 is 0 Å². The number of allylic oxidation sites excluding steroid dienone is 2. The fourth-order valence-corrected chi connectivity index (χ4v) is 8.36. The van der Waals surface area contributed by atoms with Gasteiger partial charge in [0.25, 0.3) is 0 Å². The predicted octanol–water partition coefficient (Wildman–Crippen LogP) is 2.97. The number of hydrogen-bond donors (Lipinski definition) is 1. The van der Waals surface area contributed by atoms with E-state index in [0.717, 1.165) is 22.3 Å². The van der Waals surface area contributed by atoms with Crippen molar-refractivity contribution in [1.29, 1.82) is 0 Å². The Morgan fingerprint density at radius 2 is 1.48 bits per heavy atom. The molecule has 5 atom stereocenters. The first-order chi connectivity index (χ1) is 21.5. The molecule has 2 fully saturated rings. The number of carboxylic acid groups (broad SMARTS) is 1. The van der Waals surface area contributed by atoms with E-state index in [-0.39, 0.29) is 30.1 Å². The SMILES string of the molecule is CCOC(=O)[C@@H]([NH3+])CCCCN1C(=O)C2C3(C)C(=O)C(C)(C(c4ccccc4)=C3c3ccccc3)C2(Br)C1=O.O=C([O-])C(F)(F)F. The van der Waals surface area contributed by atoms with E-state index in [4.69, 9.17) is 14.6 Å². The maximum absolute atomic E-state index is 14.4. The third-order valence-electron chi connectivity index (χ3n) is 9.13. The number of imide groups is 1. The molecular weight excluding hydrogens is 673 g/mol. The number of fused-ring (bicyclic) bond motifs is 5. The van der Waals surface area contributed by atoms with Gasteiger partial charge in [0.15, 0.2) is 11.8 Å². The number of carboxylic acids is 1. The molecule has 1 saturated carbocycles. The minimum Gasteiger partial charge on any atom is -0.542 e. The van der Waals surface area contributed by atoms with E-state index in [1.807, 2.05) is 74.5 Å². The standard InChI is InChI=1S/C31H33BrN2O5.C2HF3O2/c1-4-39-26(36)21(33)17-11-12-18-34-25(35)24-29(2)22(19-13-7-5-8-14-19)23(20-15-9-6-10-16-20)30(3,27(29)37)31(24,32)28(34)38;3-2(4,5)1(6)7/h5-10,13-16,21,24H,4,11-12,17-18,33H2,1-3H3;(H,6,7)/t21-,24?,29?,30?,31?;/m0./s1. The Kier molecular flexibility index (Phi) is 9.71. The van der Waals surface area contributed by atoms with Crippen LogP contribution in [-0.4, -0.2) is 64.1 Å². The van der Waals surface area contributed by atoms with Crippen molar-refractivity contribution in [3.05, 3.63) is 71.8 Å². The Hall–Kier alpha value is -3.84. The van der Waals surface area contributed by atoms with Gasteiger partial charge in [-0.2, -0.15) is 13.2 Å². The van der Waals surface area contributed by atoms with Gasteiger partial charge in [0.1, 0.15) is 10.3 Å². The first-order valence-electron chi connectivity index (χ1n) is 14.7. The summed E-state index contributed by atoms with van der Waals surface area (Å²) in [5.74, 6) is -5.01. The van der Waals surface area contributed by atoms with Crippen molar-refractivity contribution in [2.45, 2.75) is 56.6 Å². The van der Waals surface area contributed by atoms with Crippen LogP contribution in [0.1, 0.15) is 51.2 Å². The summed E-state index contributed by atoms with van der Waals surface area (Å²) in [6.07, 6.45) is -3.55. The number of carbonyl (C=O) groups is 5. The van der Waals surface area contributed by atoms with E-state index in [2.05, 4.69) is 21.7 Å². The molecule has 5 rings (SSSR count). The number of amides is 2. The molecule has 46 heavy (non-hydrogen) atoms. The molecular formula is C33H34BrF3N2O7. The highest BCUT2D eigenvalue weighted by atomic mass is 79.9. The number of likely N-dealkylation sites (tertiary alicyclic amines) is 1. The second-order valence-corrected chi connectivity index (χ2v) is 13.1. The summed E-state index contributed by atoms with van der Waals surface area (Å²) in [5.41, 5.74) is 4.80. The van der Waals surface area contributed by atoms with Gasteiger partial charge in [-0.05, 0) is 55.9 Å². The summed E-state index contributed by atoms with van der Waals surface area (Å²) in [6, 6.07) is 18.9. The molecule has 4 unspecified atom stereocenters. The molecule has 2 aromatic rings. The van der Waals surface area contributed by atoms with Crippen molar-refractivity contribution < 1.29 is 52.7 Å².